The van der Waals surface area contributed by atoms with Gasteiger partial charge in [0.25, 0.3) is 5.78 Å². The van der Waals surface area contributed by atoms with E-state index in [0.29, 0.717) is 23.4 Å². The molecule has 2 aromatic heterocycles. The van der Waals surface area contributed by atoms with Gasteiger partial charge in [-0.1, -0.05) is 25.6 Å². The molecule has 0 fully saturated rings. The molecule has 0 aliphatic rings. The van der Waals surface area contributed by atoms with Crippen LogP contribution in [0.4, 0.5) is 0 Å². The molecule has 0 aliphatic heterocycles. The van der Waals surface area contributed by atoms with E-state index < -0.39 is 0 Å². The Morgan fingerprint density at radius 1 is 1.47 bits per heavy atom. The molecule has 0 aromatic carbocycles. The molecule has 19 heavy (non-hydrogen) atoms. The lowest BCUT2D eigenvalue weighted by atomic mass is 10.2. The second-order valence-corrected chi connectivity index (χ2v) is 5.97. The van der Waals surface area contributed by atoms with Crippen LogP contribution in [0.25, 0.3) is 5.78 Å². The Morgan fingerprint density at radius 3 is 2.95 bits per heavy atom. The third-order valence-corrected chi connectivity index (χ3v) is 3.38. The summed E-state index contributed by atoms with van der Waals surface area (Å²) < 4.78 is 1.60. The zero-order valence-corrected chi connectivity index (χ0v) is 12.0. The first-order valence-corrected chi connectivity index (χ1v) is 7.06. The topological polar surface area (TPSA) is 72.2 Å². The van der Waals surface area contributed by atoms with Crippen LogP contribution < -0.4 is 5.32 Å². The SMILES string of the molecule is CC(C)CNC(=O)[C@@H](C)Sc1nc2ncccn2n1. The van der Waals surface area contributed by atoms with Gasteiger partial charge in [-0.25, -0.2) is 9.50 Å². The Labute approximate surface area is 116 Å². The summed E-state index contributed by atoms with van der Waals surface area (Å²) in [5, 5.41) is 7.49. The van der Waals surface area contributed by atoms with Crippen molar-refractivity contribution in [3.05, 3.63) is 18.5 Å². The molecule has 1 N–H and O–H groups in total. The number of aromatic nitrogens is 4. The Kier molecular flexibility index (Phi) is 4.36. The van der Waals surface area contributed by atoms with Gasteiger partial charge in [-0.15, -0.1) is 5.10 Å². The molecule has 2 heterocycles. The van der Waals surface area contributed by atoms with E-state index in [-0.39, 0.29) is 11.2 Å². The second kappa shape index (κ2) is 6.01. The summed E-state index contributed by atoms with van der Waals surface area (Å²) in [7, 11) is 0. The molecule has 7 heteroatoms. The molecule has 1 atom stereocenters. The van der Waals surface area contributed by atoms with E-state index in [0.717, 1.165) is 0 Å². The number of nitrogens with one attached hydrogen (secondary N) is 1. The van der Waals surface area contributed by atoms with Crippen molar-refractivity contribution < 1.29 is 4.79 Å². The van der Waals surface area contributed by atoms with Crippen LogP contribution in [0, 0.1) is 5.92 Å². The lowest BCUT2D eigenvalue weighted by Gasteiger charge is -2.11. The Hall–Kier alpha value is -1.63. The lowest BCUT2D eigenvalue weighted by molar-refractivity contribution is -0.120. The molecule has 0 unspecified atom stereocenters. The molecule has 0 saturated carbocycles. The fraction of sp³-hybridized carbons (Fsp3) is 0.500. The molecule has 0 spiro atoms. The molecule has 0 aliphatic carbocycles. The molecular formula is C12H17N5OS. The lowest BCUT2D eigenvalue weighted by Crippen LogP contribution is -2.33. The minimum absolute atomic E-state index is 0.00511. The number of thioether (sulfide) groups is 1. The van der Waals surface area contributed by atoms with E-state index in [9.17, 15) is 4.79 Å². The average molecular weight is 279 g/mol. The minimum Gasteiger partial charge on any atom is -0.355 e. The van der Waals surface area contributed by atoms with Crippen molar-refractivity contribution >= 4 is 23.4 Å². The van der Waals surface area contributed by atoms with Crippen molar-refractivity contribution in [1.82, 2.24) is 24.9 Å². The molecule has 102 valence electrons. The maximum atomic E-state index is 11.9. The third-order valence-electron chi connectivity index (χ3n) is 2.43. The van der Waals surface area contributed by atoms with Crippen LogP contribution in [0.1, 0.15) is 20.8 Å². The predicted octanol–water partition coefficient (Wildman–Crippen LogP) is 1.38. The summed E-state index contributed by atoms with van der Waals surface area (Å²) in [5.41, 5.74) is 0. The van der Waals surface area contributed by atoms with E-state index in [1.54, 1.807) is 23.0 Å². The highest BCUT2D eigenvalue weighted by Crippen LogP contribution is 2.19. The molecule has 2 aromatic rings. The quantitative estimate of drug-likeness (QED) is 0.837. The summed E-state index contributed by atoms with van der Waals surface area (Å²) in [4.78, 5) is 20.2. The van der Waals surface area contributed by atoms with Gasteiger partial charge in [0.05, 0.1) is 5.25 Å². The first kappa shape index (κ1) is 13.8. The Morgan fingerprint density at radius 2 is 2.26 bits per heavy atom. The van der Waals surface area contributed by atoms with Crippen LogP contribution in [0.5, 0.6) is 0 Å². The molecule has 2 rings (SSSR count). The number of nitrogens with zero attached hydrogens (tertiary/aromatic N) is 4. The van der Waals surface area contributed by atoms with E-state index in [4.69, 9.17) is 0 Å². The first-order chi connectivity index (χ1) is 9.06. The van der Waals surface area contributed by atoms with Crippen LogP contribution >= 0.6 is 11.8 Å². The normalized spacial score (nSPS) is 12.8. The van der Waals surface area contributed by atoms with Gasteiger partial charge in [-0.3, -0.25) is 4.79 Å². The van der Waals surface area contributed by atoms with Crippen molar-refractivity contribution in [2.75, 3.05) is 6.54 Å². The Bertz CT molecular complexity index is 535. The number of hydrogen-bond donors (Lipinski definition) is 1. The molecule has 6 nitrogen and oxygen atoms in total. The fourth-order valence-corrected chi connectivity index (χ4v) is 2.20. The summed E-state index contributed by atoms with van der Waals surface area (Å²) in [5.74, 6) is 0.990. The van der Waals surface area contributed by atoms with Crippen molar-refractivity contribution in [1.29, 1.82) is 0 Å². The van der Waals surface area contributed by atoms with E-state index in [1.165, 1.54) is 11.8 Å². The molecule has 0 bridgehead atoms. The number of carbonyl (C=O) groups is 1. The van der Waals surface area contributed by atoms with Crippen LogP contribution in [-0.2, 0) is 4.79 Å². The van der Waals surface area contributed by atoms with Crippen LogP contribution in [0.15, 0.2) is 23.6 Å². The molecule has 0 saturated heterocycles. The maximum Gasteiger partial charge on any atom is 0.253 e. The van der Waals surface area contributed by atoms with Gasteiger partial charge < -0.3 is 5.32 Å². The van der Waals surface area contributed by atoms with Crippen molar-refractivity contribution in [3.8, 4) is 0 Å². The van der Waals surface area contributed by atoms with Gasteiger partial charge in [0.1, 0.15) is 0 Å². The largest absolute Gasteiger partial charge is 0.355 e. The number of fused-ring (bicyclic) bond motifs is 1. The van der Waals surface area contributed by atoms with Gasteiger partial charge in [0.2, 0.25) is 11.1 Å². The minimum atomic E-state index is -0.226. The van der Waals surface area contributed by atoms with Crippen molar-refractivity contribution in [3.63, 3.8) is 0 Å². The monoisotopic (exact) mass is 279 g/mol. The van der Waals surface area contributed by atoms with Crippen molar-refractivity contribution in [2.24, 2.45) is 5.92 Å². The van der Waals surface area contributed by atoms with Crippen LogP contribution in [0.2, 0.25) is 0 Å². The summed E-state index contributed by atoms with van der Waals surface area (Å²) in [6.07, 6.45) is 3.44. The second-order valence-electron chi connectivity index (χ2n) is 4.66. The summed E-state index contributed by atoms with van der Waals surface area (Å²) in [6, 6.07) is 1.79. The highest BCUT2D eigenvalue weighted by atomic mass is 32.2. The average Bonchev–Trinajstić information content (AvgIpc) is 2.77. The highest BCUT2D eigenvalue weighted by Gasteiger charge is 2.17. The van der Waals surface area contributed by atoms with Gasteiger partial charge >= 0.3 is 0 Å². The van der Waals surface area contributed by atoms with E-state index in [2.05, 4.69) is 34.2 Å². The van der Waals surface area contributed by atoms with Crippen LogP contribution in [-0.4, -0.2) is 37.3 Å². The summed E-state index contributed by atoms with van der Waals surface area (Å²) >= 11 is 1.33. The molecule has 1 amide bonds. The third kappa shape index (κ3) is 3.66. The summed E-state index contributed by atoms with van der Waals surface area (Å²) in [6.45, 7) is 6.66. The zero-order chi connectivity index (χ0) is 13.8. The number of hydrogen-bond acceptors (Lipinski definition) is 5. The van der Waals surface area contributed by atoms with Gasteiger partial charge in [0, 0.05) is 18.9 Å². The highest BCUT2D eigenvalue weighted by molar-refractivity contribution is 8.00. The first-order valence-electron chi connectivity index (χ1n) is 6.18. The van der Waals surface area contributed by atoms with Gasteiger partial charge in [-0.05, 0) is 18.9 Å². The van der Waals surface area contributed by atoms with E-state index in [1.807, 2.05) is 6.92 Å². The number of amides is 1. The number of carbonyl (C=O) groups excluding carboxylic acids is 1. The van der Waals surface area contributed by atoms with Gasteiger partial charge in [0.15, 0.2) is 0 Å². The van der Waals surface area contributed by atoms with Crippen molar-refractivity contribution in [2.45, 2.75) is 31.2 Å². The molecular weight excluding hydrogens is 262 g/mol. The molecule has 0 radical (unpaired) electrons. The van der Waals surface area contributed by atoms with Gasteiger partial charge in [-0.2, -0.15) is 4.98 Å². The standard InChI is InChI=1S/C12H17N5OS/c1-8(2)7-14-10(18)9(3)19-12-15-11-13-5-4-6-17(11)16-12/h4-6,8-9H,7H2,1-3H3,(H,14,18)/t9-/m1/s1. The van der Waals surface area contributed by atoms with Crippen LogP contribution in [0.3, 0.4) is 0 Å². The number of rotatable bonds is 5. The maximum absolute atomic E-state index is 11.9. The Balaban J connectivity index is 1.98. The predicted molar refractivity (Wildman–Crippen MR) is 73.9 cm³/mol. The van der Waals surface area contributed by atoms with E-state index >= 15 is 0 Å². The fourth-order valence-electron chi connectivity index (χ4n) is 1.42. The smallest absolute Gasteiger partial charge is 0.253 e. The zero-order valence-electron chi connectivity index (χ0n) is 11.2.